The molecule has 1 aliphatic heterocycles. The molecule has 126 valence electrons. The molecule has 1 fully saturated rings. The van der Waals surface area contributed by atoms with E-state index in [0.717, 1.165) is 5.69 Å². The van der Waals surface area contributed by atoms with Gasteiger partial charge >= 0.3 is 6.03 Å². The smallest absolute Gasteiger partial charge is 0.336 e. The first-order valence-electron chi connectivity index (χ1n) is 7.53. The monoisotopic (exact) mass is 348 g/mol. The Balaban J connectivity index is 1.46. The van der Waals surface area contributed by atoms with Gasteiger partial charge in [0.25, 0.3) is 5.91 Å². The number of rotatable bonds is 2. The highest BCUT2D eigenvalue weighted by molar-refractivity contribution is 7.12. The Morgan fingerprint density at radius 1 is 1.00 bits per heavy atom. The van der Waals surface area contributed by atoms with Crippen LogP contribution in [0.4, 0.5) is 14.9 Å². The normalized spacial score (nSPS) is 14.4. The lowest BCUT2D eigenvalue weighted by molar-refractivity contribution is 0.0933. The highest BCUT2D eigenvalue weighted by Gasteiger charge is 2.21. The highest BCUT2D eigenvalue weighted by Crippen LogP contribution is 2.16. The molecular formula is C16H17FN4O2S. The Bertz CT molecular complexity index is 697. The van der Waals surface area contributed by atoms with Gasteiger partial charge in [0, 0.05) is 31.9 Å². The molecule has 0 aliphatic carbocycles. The maximum absolute atomic E-state index is 13.0. The summed E-state index contributed by atoms with van der Waals surface area (Å²) < 4.78 is 13.0. The first-order chi connectivity index (χ1) is 11.6. The number of urea groups is 1. The summed E-state index contributed by atoms with van der Waals surface area (Å²) in [6.45, 7) is 2.35. The van der Waals surface area contributed by atoms with Crippen molar-refractivity contribution < 1.29 is 14.0 Å². The Hall–Kier alpha value is -2.61. The average molecular weight is 348 g/mol. The van der Waals surface area contributed by atoms with Crippen molar-refractivity contribution in [3.63, 3.8) is 0 Å². The van der Waals surface area contributed by atoms with Crippen molar-refractivity contribution in [3.05, 3.63) is 52.5 Å². The van der Waals surface area contributed by atoms with Crippen LogP contribution in [0, 0.1) is 5.82 Å². The van der Waals surface area contributed by atoms with Gasteiger partial charge in [-0.3, -0.25) is 10.2 Å². The quantitative estimate of drug-likeness (QED) is 0.817. The molecule has 0 bridgehead atoms. The standard InChI is InChI=1S/C16H17FN4O2S/c17-12-3-5-13(6-4-12)20-7-9-21(10-8-20)16(23)19-18-15(22)14-2-1-11-24-14/h1-6,11H,7-10H2,(H,18,22)(H,19,23). The lowest BCUT2D eigenvalue weighted by atomic mass is 10.2. The van der Waals surface area contributed by atoms with E-state index in [2.05, 4.69) is 15.8 Å². The van der Waals surface area contributed by atoms with Crippen LogP contribution >= 0.6 is 11.3 Å². The first-order valence-corrected chi connectivity index (χ1v) is 8.41. The minimum absolute atomic E-state index is 0.266. The summed E-state index contributed by atoms with van der Waals surface area (Å²) in [5, 5.41) is 1.80. The van der Waals surface area contributed by atoms with E-state index in [0.29, 0.717) is 31.1 Å². The molecule has 1 aliphatic rings. The van der Waals surface area contributed by atoms with Crippen molar-refractivity contribution in [3.8, 4) is 0 Å². The van der Waals surface area contributed by atoms with E-state index >= 15 is 0 Å². The van der Waals surface area contributed by atoms with E-state index in [1.165, 1.54) is 23.5 Å². The third-order valence-corrected chi connectivity index (χ3v) is 4.66. The number of carbonyl (C=O) groups excluding carboxylic acids is 2. The van der Waals surface area contributed by atoms with Gasteiger partial charge in [0.15, 0.2) is 0 Å². The van der Waals surface area contributed by atoms with Gasteiger partial charge in [0.1, 0.15) is 5.82 Å². The molecule has 0 spiro atoms. The Labute approximate surface area is 142 Å². The fraction of sp³-hybridized carbons (Fsp3) is 0.250. The van der Waals surface area contributed by atoms with Crippen molar-refractivity contribution in [1.82, 2.24) is 15.8 Å². The van der Waals surface area contributed by atoms with Crippen LogP contribution in [0.5, 0.6) is 0 Å². The Kier molecular flexibility index (Phi) is 4.95. The summed E-state index contributed by atoms with van der Waals surface area (Å²) in [6.07, 6.45) is 0. The van der Waals surface area contributed by atoms with Crippen molar-refractivity contribution in [1.29, 1.82) is 0 Å². The number of nitrogens with zero attached hydrogens (tertiary/aromatic N) is 2. The summed E-state index contributed by atoms with van der Waals surface area (Å²) >= 11 is 1.31. The molecule has 8 heteroatoms. The zero-order valence-electron chi connectivity index (χ0n) is 12.9. The maximum atomic E-state index is 13.0. The van der Waals surface area contributed by atoms with Gasteiger partial charge in [-0.25, -0.2) is 14.6 Å². The summed E-state index contributed by atoms with van der Waals surface area (Å²) in [4.78, 5) is 28.1. The van der Waals surface area contributed by atoms with E-state index < -0.39 is 0 Å². The minimum atomic E-state index is -0.335. The number of benzene rings is 1. The van der Waals surface area contributed by atoms with Gasteiger partial charge in [-0.1, -0.05) is 6.07 Å². The fourth-order valence-electron chi connectivity index (χ4n) is 2.48. The van der Waals surface area contributed by atoms with Gasteiger partial charge in [-0.15, -0.1) is 11.3 Å². The molecule has 24 heavy (non-hydrogen) atoms. The van der Waals surface area contributed by atoms with Crippen molar-refractivity contribution in [2.75, 3.05) is 31.1 Å². The number of thiophene rings is 1. The second-order valence-corrected chi connectivity index (χ2v) is 6.26. The molecule has 0 saturated carbocycles. The molecule has 2 N–H and O–H groups in total. The molecule has 2 heterocycles. The van der Waals surface area contributed by atoms with Crippen LogP contribution < -0.4 is 15.8 Å². The van der Waals surface area contributed by atoms with Gasteiger partial charge < -0.3 is 9.80 Å². The molecule has 0 unspecified atom stereocenters. The number of carbonyl (C=O) groups is 2. The number of halogens is 1. The van der Waals surface area contributed by atoms with E-state index in [1.54, 1.807) is 34.5 Å². The highest BCUT2D eigenvalue weighted by atomic mass is 32.1. The molecule has 6 nitrogen and oxygen atoms in total. The predicted molar refractivity (Wildman–Crippen MR) is 90.5 cm³/mol. The molecule has 3 amide bonds. The largest absolute Gasteiger partial charge is 0.368 e. The lowest BCUT2D eigenvalue weighted by Crippen LogP contribution is -2.55. The number of hydrogen-bond donors (Lipinski definition) is 2. The van der Waals surface area contributed by atoms with Crippen LogP contribution in [0.3, 0.4) is 0 Å². The zero-order chi connectivity index (χ0) is 16.9. The van der Waals surface area contributed by atoms with Crippen LogP contribution in [0.2, 0.25) is 0 Å². The lowest BCUT2D eigenvalue weighted by Gasteiger charge is -2.36. The van der Waals surface area contributed by atoms with Crippen LogP contribution in [0.1, 0.15) is 9.67 Å². The summed E-state index contributed by atoms with van der Waals surface area (Å²) in [5.74, 6) is -0.596. The van der Waals surface area contributed by atoms with Gasteiger partial charge in [-0.2, -0.15) is 0 Å². The van der Waals surface area contributed by atoms with Crippen LogP contribution in [-0.4, -0.2) is 43.0 Å². The van der Waals surface area contributed by atoms with E-state index in [1.807, 2.05) is 0 Å². The molecule has 3 rings (SSSR count). The number of nitrogens with one attached hydrogen (secondary N) is 2. The number of anilines is 1. The Morgan fingerprint density at radius 2 is 1.71 bits per heavy atom. The topological polar surface area (TPSA) is 64.7 Å². The van der Waals surface area contributed by atoms with E-state index in [-0.39, 0.29) is 17.8 Å². The molecule has 2 aromatic rings. The molecule has 1 saturated heterocycles. The average Bonchev–Trinajstić information content (AvgIpc) is 3.15. The van der Waals surface area contributed by atoms with Crippen LogP contribution in [0.15, 0.2) is 41.8 Å². The molecule has 1 aromatic heterocycles. The van der Waals surface area contributed by atoms with Gasteiger partial charge in [0.05, 0.1) is 4.88 Å². The minimum Gasteiger partial charge on any atom is -0.368 e. The first kappa shape index (κ1) is 16.3. The van der Waals surface area contributed by atoms with E-state index in [4.69, 9.17) is 0 Å². The number of hydrogen-bond acceptors (Lipinski definition) is 4. The third kappa shape index (κ3) is 3.83. The SMILES string of the molecule is O=C(NNC(=O)N1CCN(c2ccc(F)cc2)CC1)c1cccs1. The number of hydrazine groups is 1. The predicted octanol–water partition coefficient (Wildman–Crippen LogP) is 2.06. The van der Waals surface area contributed by atoms with Gasteiger partial charge in [0.2, 0.25) is 0 Å². The molecule has 0 radical (unpaired) electrons. The second-order valence-electron chi connectivity index (χ2n) is 5.31. The molecular weight excluding hydrogens is 331 g/mol. The number of piperazine rings is 1. The summed E-state index contributed by atoms with van der Waals surface area (Å²) in [5.41, 5.74) is 5.77. The van der Waals surface area contributed by atoms with Crippen molar-refractivity contribution >= 4 is 29.0 Å². The summed E-state index contributed by atoms with van der Waals surface area (Å²) in [7, 11) is 0. The summed E-state index contributed by atoms with van der Waals surface area (Å²) in [6, 6.07) is 9.43. The number of amides is 3. The second kappa shape index (κ2) is 7.31. The van der Waals surface area contributed by atoms with Crippen LogP contribution in [0.25, 0.3) is 0 Å². The Morgan fingerprint density at radius 3 is 2.33 bits per heavy atom. The van der Waals surface area contributed by atoms with E-state index in [9.17, 15) is 14.0 Å². The zero-order valence-corrected chi connectivity index (χ0v) is 13.7. The van der Waals surface area contributed by atoms with Crippen molar-refractivity contribution in [2.24, 2.45) is 0 Å². The maximum Gasteiger partial charge on any atom is 0.336 e. The van der Waals surface area contributed by atoms with Crippen LogP contribution in [-0.2, 0) is 0 Å². The van der Waals surface area contributed by atoms with Crippen molar-refractivity contribution in [2.45, 2.75) is 0 Å². The molecule has 1 aromatic carbocycles. The van der Waals surface area contributed by atoms with Gasteiger partial charge in [-0.05, 0) is 35.7 Å². The molecule has 0 atom stereocenters. The fourth-order valence-corrected chi connectivity index (χ4v) is 3.10. The third-order valence-electron chi connectivity index (χ3n) is 3.79.